The minimum absolute atomic E-state index is 1.08. The fourth-order valence-electron chi connectivity index (χ4n) is 12.7. The second-order valence-electron chi connectivity index (χ2n) is 21.2. The number of hydrogen-bond donors (Lipinski definition) is 0. The van der Waals surface area contributed by atoms with Crippen LogP contribution in [0.5, 0.6) is 0 Å². The Morgan fingerprint density at radius 2 is 0.474 bits per heavy atom. The fourth-order valence-corrected chi connectivity index (χ4v) is 12.7. The first kappa shape index (κ1) is 46.7. The van der Waals surface area contributed by atoms with Gasteiger partial charge in [-0.15, -0.1) is 0 Å². The summed E-state index contributed by atoms with van der Waals surface area (Å²) >= 11 is 0. The SMILES string of the molecule is Cc1cccc(C)c1-c1ccc2c(c1)c1cc(-c3c(C)cccc3C)ccc1n2-c1ccc(-c2cncc(-c3ccc(-n4c5ccc(-c6c(C)cccc6C)cc5c5cc(-c6c(C)cccc6C)ccc54)cc3)c2)cc1. The van der Waals surface area contributed by atoms with Gasteiger partial charge in [-0.2, -0.15) is 0 Å². The molecular formula is C73H59N3. The zero-order chi connectivity index (χ0) is 51.9. The van der Waals surface area contributed by atoms with Crippen molar-refractivity contribution in [1.82, 2.24) is 14.1 Å². The predicted octanol–water partition coefficient (Wildman–Crippen LogP) is 19.7. The largest absolute Gasteiger partial charge is 0.309 e. The third-order valence-corrected chi connectivity index (χ3v) is 16.3. The molecule has 0 atom stereocenters. The Bertz CT molecular complexity index is 3880. The summed E-state index contributed by atoms with van der Waals surface area (Å²) in [6.07, 6.45) is 3.96. The van der Waals surface area contributed by atoms with E-state index in [4.69, 9.17) is 4.98 Å². The summed E-state index contributed by atoms with van der Waals surface area (Å²) in [5.74, 6) is 0. The molecule has 3 nitrogen and oxygen atoms in total. The van der Waals surface area contributed by atoms with Crippen molar-refractivity contribution < 1.29 is 0 Å². The van der Waals surface area contributed by atoms with Crippen LogP contribution in [-0.4, -0.2) is 14.1 Å². The van der Waals surface area contributed by atoms with Gasteiger partial charge in [-0.05, 0) is 234 Å². The minimum atomic E-state index is 1.08. The lowest BCUT2D eigenvalue weighted by Crippen LogP contribution is -1.95. The Labute approximate surface area is 446 Å². The Morgan fingerprint density at radius 3 is 0.724 bits per heavy atom. The highest BCUT2D eigenvalue weighted by atomic mass is 15.0. The first-order valence-electron chi connectivity index (χ1n) is 26.6. The van der Waals surface area contributed by atoms with Gasteiger partial charge in [0.2, 0.25) is 0 Å². The van der Waals surface area contributed by atoms with Gasteiger partial charge in [-0.3, -0.25) is 4.98 Å². The Kier molecular flexibility index (Phi) is 11.3. The van der Waals surface area contributed by atoms with E-state index >= 15 is 0 Å². The summed E-state index contributed by atoms with van der Waals surface area (Å²) < 4.78 is 4.86. The maximum absolute atomic E-state index is 4.82. The molecule has 76 heavy (non-hydrogen) atoms. The van der Waals surface area contributed by atoms with Crippen LogP contribution in [0, 0.1) is 55.4 Å². The summed E-state index contributed by atoms with van der Waals surface area (Å²) in [5, 5.41) is 4.99. The van der Waals surface area contributed by atoms with Gasteiger partial charge in [0.25, 0.3) is 0 Å². The van der Waals surface area contributed by atoms with E-state index in [1.165, 1.54) is 133 Å². The van der Waals surface area contributed by atoms with Gasteiger partial charge >= 0.3 is 0 Å². The van der Waals surface area contributed by atoms with E-state index in [-0.39, 0.29) is 0 Å². The quantitative estimate of drug-likeness (QED) is 0.149. The van der Waals surface area contributed by atoms with Gasteiger partial charge < -0.3 is 9.13 Å². The van der Waals surface area contributed by atoms with E-state index in [1.54, 1.807) is 0 Å². The molecule has 0 aliphatic rings. The number of benzene rings is 10. The molecule has 0 radical (unpaired) electrons. The van der Waals surface area contributed by atoms with E-state index in [1.807, 2.05) is 12.4 Å². The van der Waals surface area contributed by atoms with Crippen molar-refractivity contribution >= 4 is 43.6 Å². The fraction of sp³-hybridized carbons (Fsp3) is 0.110. The summed E-state index contributed by atoms with van der Waals surface area (Å²) in [7, 11) is 0. The molecule has 0 saturated carbocycles. The van der Waals surface area contributed by atoms with E-state index in [2.05, 4.69) is 265 Å². The van der Waals surface area contributed by atoms with Crippen LogP contribution < -0.4 is 0 Å². The normalized spacial score (nSPS) is 11.7. The Balaban J connectivity index is 0.862. The summed E-state index contributed by atoms with van der Waals surface area (Å²) in [6, 6.07) is 74.7. The first-order chi connectivity index (χ1) is 37.0. The van der Waals surface area contributed by atoms with Crippen molar-refractivity contribution in [2.24, 2.45) is 0 Å². The zero-order valence-electron chi connectivity index (χ0n) is 44.5. The summed E-state index contributed by atoms with van der Waals surface area (Å²) in [4.78, 5) is 4.82. The van der Waals surface area contributed by atoms with Gasteiger partial charge in [0, 0.05) is 56.4 Å². The van der Waals surface area contributed by atoms with Crippen LogP contribution >= 0.6 is 0 Å². The van der Waals surface area contributed by atoms with Crippen molar-refractivity contribution in [1.29, 1.82) is 0 Å². The van der Waals surface area contributed by atoms with Crippen LogP contribution in [0.3, 0.4) is 0 Å². The molecule has 0 fully saturated rings. The van der Waals surface area contributed by atoms with E-state index in [0.717, 1.165) is 33.6 Å². The number of rotatable bonds is 8. The van der Waals surface area contributed by atoms with Gasteiger partial charge in [-0.25, -0.2) is 0 Å². The minimum Gasteiger partial charge on any atom is -0.309 e. The van der Waals surface area contributed by atoms with Crippen molar-refractivity contribution in [2.45, 2.75) is 55.4 Å². The molecule has 0 N–H and O–H groups in total. The van der Waals surface area contributed by atoms with Gasteiger partial charge in [0.15, 0.2) is 0 Å². The van der Waals surface area contributed by atoms with Crippen LogP contribution in [0.1, 0.15) is 44.5 Å². The smallest absolute Gasteiger partial charge is 0.0541 e. The number of fused-ring (bicyclic) bond motifs is 6. The Morgan fingerprint density at radius 1 is 0.237 bits per heavy atom. The molecule has 0 bridgehead atoms. The number of hydrogen-bond acceptors (Lipinski definition) is 1. The molecule has 0 unspecified atom stereocenters. The van der Waals surface area contributed by atoms with Crippen LogP contribution in [0.4, 0.5) is 0 Å². The lowest BCUT2D eigenvalue weighted by atomic mass is 9.93. The van der Waals surface area contributed by atoms with Crippen molar-refractivity contribution in [2.75, 3.05) is 0 Å². The summed E-state index contributed by atoms with van der Waals surface area (Å²) in [6.45, 7) is 17.7. The van der Waals surface area contributed by atoms with E-state index in [9.17, 15) is 0 Å². The zero-order valence-corrected chi connectivity index (χ0v) is 44.5. The molecule has 366 valence electrons. The highest BCUT2D eigenvalue weighted by molar-refractivity contribution is 6.13. The molecule has 13 rings (SSSR count). The highest BCUT2D eigenvalue weighted by Gasteiger charge is 2.20. The van der Waals surface area contributed by atoms with Crippen LogP contribution in [-0.2, 0) is 0 Å². The second kappa shape index (κ2) is 18.4. The monoisotopic (exact) mass is 977 g/mol. The molecule has 3 aromatic heterocycles. The highest BCUT2D eigenvalue weighted by Crippen LogP contribution is 2.42. The van der Waals surface area contributed by atoms with Gasteiger partial charge in [0.1, 0.15) is 0 Å². The second-order valence-corrected chi connectivity index (χ2v) is 21.2. The number of nitrogens with zero attached hydrogens (tertiary/aromatic N) is 3. The van der Waals surface area contributed by atoms with Crippen LogP contribution in [0.2, 0.25) is 0 Å². The summed E-state index contributed by atoms with van der Waals surface area (Å²) in [5.41, 5.74) is 31.9. The van der Waals surface area contributed by atoms with Gasteiger partial charge in [-0.1, -0.05) is 121 Å². The molecule has 3 heteroatoms. The molecule has 0 saturated heterocycles. The predicted molar refractivity (Wildman–Crippen MR) is 323 cm³/mol. The topological polar surface area (TPSA) is 22.8 Å². The third-order valence-electron chi connectivity index (χ3n) is 16.3. The molecule has 0 aliphatic heterocycles. The lowest BCUT2D eigenvalue weighted by Gasteiger charge is -2.13. The maximum Gasteiger partial charge on any atom is 0.0541 e. The standard InChI is InChI=1S/C73H59N3/c1-44-13-9-14-45(2)70(44)54-25-33-66-62(38-54)63-39-55(71-46(3)15-10-16-47(71)4)26-34-67(63)75(66)60-29-21-52(22-30-60)58-37-59(43-74-42-58)53-23-31-61(32-24-53)76-68-35-27-56(72-48(5)17-11-18-49(72)6)40-64(68)65-41-57(28-36-69(65)76)73-50(7)19-12-20-51(73)8/h9-43H,1-8H3. The number of pyridine rings is 1. The number of aromatic nitrogens is 3. The molecular weight excluding hydrogens is 919 g/mol. The average Bonchev–Trinajstić information content (AvgIpc) is 3.97. The first-order valence-corrected chi connectivity index (χ1v) is 26.6. The third kappa shape index (κ3) is 7.77. The number of aryl methyl sites for hydroxylation is 8. The molecule has 0 spiro atoms. The van der Waals surface area contributed by atoms with E-state index in [0.29, 0.717) is 0 Å². The molecule has 0 aliphatic carbocycles. The van der Waals surface area contributed by atoms with Crippen LogP contribution in [0.15, 0.2) is 213 Å². The maximum atomic E-state index is 4.82. The van der Waals surface area contributed by atoms with Crippen molar-refractivity contribution in [3.63, 3.8) is 0 Å². The van der Waals surface area contributed by atoms with Crippen molar-refractivity contribution in [3.8, 4) is 78.1 Å². The molecule has 10 aromatic carbocycles. The van der Waals surface area contributed by atoms with E-state index < -0.39 is 0 Å². The average molecular weight is 978 g/mol. The molecule has 3 heterocycles. The van der Waals surface area contributed by atoms with Crippen molar-refractivity contribution in [3.05, 3.63) is 257 Å². The lowest BCUT2D eigenvalue weighted by molar-refractivity contribution is 1.18. The molecule has 0 amide bonds. The Hall–Kier alpha value is -9.05. The van der Waals surface area contributed by atoms with Crippen LogP contribution in [0.25, 0.3) is 122 Å². The van der Waals surface area contributed by atoms with Gasteiger partial charge in [0.05, 0.1) is 22.1 Å². The molecule has 13 aromatic rings.